The van der Waals surface area contributed by atoms with Gasteiger partial charge in [0.15, 0.2) is 0 Å². The molecule has 1 heterocycles. The van der Waals surface area contributed by atoms with Crippen LogP contribution in [-0.4, -0.2) is 9.55 Å². The number of rotatable bonds is 4. The number of nitrogens with zero attached hydrogens (tertiary/aromatic N) is 2. The zero-order chi connectivity index (χ0) is 13.8. The summed E-state index contributed by atoms with van der Waals surface area (Å²) in [5.41, 5.74) is 3.79. The molecule has 1 aromatic heterocycles. The number of aromatic nitrogens is 2. The van der Waals surface area contributed by atoms with Crippen LogP contribution < -0.4 is 0 Å². The van der Waals surface area contributed by atoms with Crippen molar-refractivity contribution in [3.8, 4) is 11.1 Å². The lowest BCUT2D eigenvalue weighted by molar-refractivity contribution is 0.596. The topological polar surface area (TPSA) is 17.8 Å². The molecule has 0 aliphatic heterocycles. The Balaban J connectivity index is 1.74. The van der Waals surface area contributed by atoms with Crippen LogP contribution in [0.4, 0.5) is 0 Å². The lowest BCUT2D eigenvalue weighted by Gasteiger charge is -2.13. The molecule has 2 heteroatoms. The van der Waals surface area contributed by atoms with E-state index in [2.05, 4.69) is 60.4 Å². The Labute approximate surface area is 119 Å². The van der Waals surface area contributed by atoms with Crippen molar-refractivity contribution in [1.82, 2.24) is 9.55 Å². The van der Waals surface area contributed by atoms with Crippen molar-refractivity contribution >= 4 is 0 Å². The van der Waals surface area contributed by atoms with Gasteiger partial charge in [0.1, 0.15) is 0 Å². The first-order valence-corrected chi connectivity index (χ1v) is 6.78. The summed E-state index contributed by atoms with van der Waals surface area (Å²) in [4.78, 5) is 4.06. The van der Waals surface area contributed by atoms with Gasteiger partial charge in [-0.3, -0.25) is 0 Å². The second kappa shape index (κ2) is 5.74. The predicted molar refractivity (Wildman–Crippen MR) is 82.2 cm³/mol. The van der Waals surface area contributed by atoms with E-state index in [1.165, 1.54) is 16.7 Å². The van der Waals surface area contributed by atoms with Gasteiger partial charge < -0.3 is 4.57 Å². The molecule has 2 nitrogen and oxygen atoms in total. The summed E-state index contributed by atoms with van der Waals surface area (Å²) in [6, 6.07) is 19.3. The van der Waals surface area contributed by atoms with Gasteiger partial charge in [0.2, 0.25) is 0 Å². The third kappa shape index (κ3) is 2.80. The van der Waals surface area contributed by atoms with E-state index in [4.69, 9.17) is 0 Å². The molecule has 0 aliphatic carbocycles. The lowest BCUT2D eigenvalue weighted by Crippen LogP contribution is -2.06. The van der Waals surface area contributed by atoms with E-state index in [0.29, 0.717) is 0 Å². The van der Waals surface area contributed by atoms with E-state index in [0.717, 1.165) is 6.42 Å². The van der Waals surface area contributed by atoms with Gasteiger partial charge in [-0.15, -0.1) is 0 Å². The SMILES string of the molecule is [CH2]C(Cc1ccc(-c2ccccc2)cc1)n1ccnc1. The van der Waals surface area contributed by atoms with Crippen molar-refractivity contribution < 1.29 is 0 Å². The van der Waals surface area contributed by atoms with E-state index in [1.54, 1.807) is 6.20 Å². The molecule has 0 aliphatic rings. The van der Waals surface area contributed by atoms with E-state index < -0.39 is 0 Å². The number of benzene rings is 2. The molecule has 0 bridgehead atoms. The van der Waals surface area contributed by atoms with Crippen molar-refractivity contribution in [2.45, 2.75) is 12.5 Å². The minimum Gasteiger partial charge on any atom is -0.334 e. The van der Waals surface area contributed by atoms with Gasteiger partial charge in [-0.1, -0.05) is 54.6 Å². The van der Waals surface area contributed by atoms with Gasteiger partial charge in [-0.2, -0.15) is 0 Å². The Bertz CT molecular complexity index is 640. The number of imidazole rings is 1. The maximum atomic E-state index is 4.18. The highest BCUT2D eigenvalue weighted by Gasteiger charge is 2.05. The van der Waals surface area contributed by atoms with Gasteiger partial charge in [-0.05, 0) is 30.0 Å². The van der Waals surface area contributed by atoms with Crippen LogP contribution in [0.5, 0.6) is 0 Å². The average molecular weight is 261 g/mol. The molecule has 1 atom stereocenters. The second-order valence-corrected chi connectivity index (χ2v) is 4.93. The molecule has 1 unspecified atom stereocenters. The normalized spacial score (nSPS) is 12.2. The largest absolute Gasteiger partial charge is 0.334 e. The van der Waals surface area contributed by atoms with Crippen LogP contribution in [0.2, 0.25) is 0 Å². The zero-order valence-electron chi connectivity index (χ0n) is 11.3. The van der Waals surface area contributed by atoms with Crippen molar-refractivity contribution in [3.05, 3.63) is 85.8 Å². The van der Waals surface area contributed by atoms with Crippen LogP contribution >= 0.6 is 0 Å². The maximum absolute atomic E-state index is 4.18. The molecule has 0 amide bonds. The highest BCUT2D eigenvalue weighted by molar-refractivity contribution is 5.63. The first kappa shape index (κ1) is 12.7. The van der Waals surface area contributed by atoms with Crippen LogP contribution in [-0.2, 0) is 6.42 Å². The predicted octanol–water partition coefficient (Wildman–Crippen LogP) is 4.17. The fourth-order valence-corrected chi connectivity index (χ4v) is 2.33. The molecule has 99 valence electrons. The first-order valence-electron chi connectivity index (χ1n) is 6.78. The summed E-state index contributed by atoms with van der Waals surface area (Å²) >= 11 is 0. The smallest absolute Gasteiger partial charge is 0.0948 e. The summed E-state index contributed by atoms with van der Waals surface area (Å²) in [7, 11) is 0. The lowest BCUT2D eigenvalue weighted by atomic mass is 10.0. The molecule has 3 rings (SSSR count). The third-order valence-electron chi connectivity index (χ3n) is 3.48. The van der Waals surface area contributed by atoms with Crippen molar-refractivity contribution in [1.29, 1.82) is 0 Å². The monoisotopic (exact) mass is 261 g/mol. The number of hydrogen-bond donors (Lipinski definition) is 0. The maximum Gasteiger partial charge on any atom is 0.0948 e. The van der Waals surface area contributed by atoms with Crippen molar-refractivity contribution in [2.75, 3.05) is 0 Å². The van der Waals surface area contributed by atoms with Crippen molar-refractivity contribution in [2.24, 2.45) is 0 Å². The summed E-state index contributed by atoms with van der Waals surface area (Å²) in [5, 5.41) is 0. The molecular formula is C18H17N2. The fourth-order valence-electron chi connectivity index (χ4n) is 2.33. The van der Waals surface area contributed by atoms with Crippen molar-refractivity contribution in [3.63, 3.8) is 0 Å². The van der Waals surface area contributed by atoms with E-state index in [1.807, 2.05) is 23.2 Å². The minimum atomic E-state index is 0.181. The Kier molecular flexibility index (Phi) is 3.64. The average Bonchev–Trinajstić information content (AvgIpc) is 3.03. The molecule has 20 heavy (non-hydrogen) atoms. The molecule has 0 saturated carbocycles. The van der Waals surface area contributed by atoms with Gasteiger partial charge in [0.25, 0.3) is 0 Å². The molecule has 2 aromatic carbocycles. The molecule has 0 fully saturated rings. The summed E-state index contributed by atoms with van der Waals surface area (Å²) in [6.07, 6.45) is 6.47. The number of hydrogen-bond acceptors (Lipinski definition) is 1. The second-order valence-electron chi connectivity index (χ2n) is 4.93. The Morgan fingerprint density at radius 1 is 0.950 bits per heavy atom. The molecular weight excluding hydrogens is 244 g/mol. The van der Waals surface area contributed by atoms with E-state index in [-0.39, 0.29) is 6.04 Å². The van der Waals surface area contributed by atoms with Crippen LogP contribution in [0, 0.1) is 6.92 Å². The molecule has 0 saturated heterocycles. The summed E-state index contributed by atoms with van der Waals surface area (Å²) in [5.74, 6) is 0. The summed E-state index contributed by atoms with van der Waals surface area (Å²) < 4.78 is 2.03. The molecule has 0 spiro atoms. The molecule has 0 N–H and O–H groups in total. The minimum absolute atomic E-state index is 0.181. The quantitative estimate of drug-likeness (QED) is 0.689. The Hall–Kier alpha value is -2.35. The highest BCUT2D eigenvalue weighted by atomic mass is 15.0. The molecule has 1 radical (unpaired) electrons. The first-order chi connectivity index (χ1) is 9.83. The summed E-state index contributed by atoms with van der Waals surface area (Å²) in [6.45, 7) is 4.18. The molecule has 3 aromatic rings. The standard InChI is InChI=1S/C18H17N2/c1-15(20-12-11-19-14-20)13-16-7-9-18(10-8-16)17-5-3-2-4-6-17/h2-12,14-15H,1,13H2. The van der Waals surface area contributed by atoms with E-state index >= 15 is 0 Å². The third-order valence-corrected chi connectivity index (χ3v) is 3.48. The zero-order valence-corrected chi connectivity index (χ0v) is 11.3. The highest BCUT2D eigenvalue weighted by Crippen LogP contribution is 2.21. The van der Waals surface area contributed by atoms with Gasteiger partial charge in [0.05, 0.1) is 6.33 Å². The Morgan fingerprint density at radius 2 is 1.65 bits per heavy atom. The van der Waals surface area contributed by atoms with E-state index in [9.17, 15) is 0 Å². The van der Waals surface area contributed by atoms with Crippen LogP contribution in [0.25, 0.3) is 11.1 Å². The van der Waals surface area contributed by atoms with Gasteiger partial charge in [0, 0.05) is 18.4 Å². The van der Waals surface area contributed by atoms with Crippen LogP contribution in [0.3, 0.4) is 0 Å². The van der Waals surface area contributed by atoms with Gasteiger partial charge >= 0.3 is 0 Å². The van der Waals surface area contributed by atoms with Crippen LogP contribution in [0.1, 0.15) is 11.6 Å². The van der Waals surface area contributed by atoms with Crippen LogP contribution in [0.15, 0.2) is 73.3 Å². The fraction of sp³-hybridized carbons (Fsp3) is 0.111. The van der Waals surface area contributed by atoms with Gasteiger partial charge in [-0.25, -0.2) is 4.98 Å². The Morgan fingerprint density at radius 3 is 2.30 bits per heavy atom.